The highest BCUT2D eigenvalue weighted by Gasteiger charge is 2.49. The molecular weight excluding hydrogens is 553 g/mol. The van der Waals surface area contributed by atoms with Gasteiger partial charge in [-0.3, -0.25) is 9.59 Å². The summed E-state index contributed by atoms with van der Waals surface area (Å²) in [6.07, 6.45) is -2.13. The largest absolute Gasteiger partial charge is 0.405 e. The molecule has 0 aliphatic heterocycles. The molecule has 0 atom stereocenters. The van der Waals surface area contributed by atoms with Gasteiger partial charge in [-0.25, -0.2) is 4.98 Å². The Bertz CT molecular complexity index is 1470. The molecule has 3 aromatic carbocycles. The van der Waals surface area contributed by atoms with Gasteiger partial charge in [0.1, 0.15) is 17.8 Å². The van der Waals surface area contributed by atoms with Crippen LogP contribution in [0.1, 0.15) is 34.3 Å². The van der Waals surface area contributed by atoms with E-state index in [-0.39, 0.29) is 18.3 Å². The Labute approximate surface area is 241 Å². The van der Waals surface area contributed by atoms with E-state index >= 15 is 0 Å². The van der Waals surface area contributed by atoms with Crippen molar-refractivity contribution in [2.75, 3.05) is 23.7 Å². The van der Waals surface area contributed by atoms with Crippen LogP contribution in [0.2, 0.25) is 0 Å². The molecule has 212 valence electrons. The van der Waals surface area contributed by atoms with E-state index in [1.807, 2.05) is 42.5 Å². The normalized spacial score (nSPS) is 12.9. The second kappa shape index (κ2) is 12.4. The first kappa shape index (κ1) is 29.6. The van der Waals surface area contributed by atoms with Crippen molar-refractivity contribution in [1.29, 1.82) is 0 Å². The summed E-state index contributed by atoms with van der Waals surface area (Å²) in [6, 6.07) is 27.0. The first-order chi connectivity index (χ1) is 19.3. The zero-order valence-corrected chi connectivity index (χ0v) is 22.7. The molecule has 5 rings (SSSR count). The number of halogens is 4. The zero-order valence-electron chi connectivity index (χ0n) is 21.9. The molecule has 1 heterocycles. The van der Waals surface area contributed by atoms with Crippen LogP contribution in [0.25, 0.3) is 11.1 Å². The van der Waals surface area contributed by atoms with Gasteiger partial charge in [0.15, 0.2) is 0 Å². The summed E-state index contributed by atoms with van der Waals surface area (Å²) < 4.78 is 39.1. The van der Waals surface area contributed by atoms with Gasteiger partial charge in [0.05, 0.1) is 11.9 Å². The number of carbonyl (C=O) groups excluding carboxylic acids is 2. The Morgan fingerprint density at radius 3 is 2.00 bits per heavy atom. The Kier molecular flexibility index (Phi) is 8.98. The standard InChI is InChI=1S/C31H27F3N4O2.ClH/c32-31(33,34)20-37-29(40)30(25-13-6-4-11-23(25)24-12-5-7-14-26(24)30)17-8-18-35-22-15-16-27(36-19-22)38-28(39)21-9-2-1-3-10-21;/h1-7,9-16,19,35H,8,17-18,20H2,(H,37,40)(H,36,38,39);1H. The summed E-state index contributed by atoms with van der Waals surface area (Å²) in [6.45, 7) is -0.939. The van der Waals surface area contributed by atoms with Crippen LogP contribution in [0.15, 0.2) is 97.2 Å². The fourth-order valence-corrected chi connectivity index (χ4v) is 5.22. The molecule has 3 N–H and O–H groups in total. The van der Waals surface area contributed by atoms with Gasteiger partial charge >= 0.3 is 6.18 Å². The fourth-order valence-electron chi connectivity index (χ4n) is 5.22. The van der Waals surface area contributed by atoms with Gasteiger partial charge in [-0.05, 0) is 59.4 Å². The monoisotopic (exact) mass is 580 g/mol. The van der Waals surface area contributed by atoms with E-state index in [0.717, 1.165) is 11.1 Å². The summed E-state index contributed by atoms with van der Waals surface area (Å²) in [5, 5.41) is 8.15. The molecule has 0 bridgehead atoms. The number of carbonyl (C=O) groups is 2. The predicted octanol–water partition coefficient (Wildman–Crippen LogP) is 6.59. The molecule has 0 unspecified atom stereocenters. The van der Waals surface area contributed by atoms with Gasteiger partial charge in [0, 0.05) is 12.1 Å². The topological polar surface area (TPSA) is 83.1 Å². The second-order valence-electron chi connectivity index (χ2n) is 9.58. The van der Waals surface area contributed by atoms with Crippen molar-refractivity contribution < 1.29 is 22.8 Å². The number of hydrogen-bond donors (Lipinski definition) is 3. The number of hydrogen-bond acceptors (Lipinski definition) is 4. The first-order valence-corrected chi connectivity index (χ1v) is 12.9. The number of alkyl halides is 3. The third kappa shape index (κ3) is 6.36. The SMILES string of the molecule is Cl.O=C(Nc1ccc(NCCCC2(C(=O)NCC(F)(F)F)c3ccccc3-c3ccccc32)cn1)c1ccccc1. The average Bonchev–Trinajstić information content (AvgIpc) is 3.26. The summed E-state index contributed by atoms with van der Waals surface area (Å²) in [5.74, 6) is -0.527. The molecule has 0 fully saturated rings. The van der Waals surface area contributed by atoms with Gasteiger partial charge < -0.3 is 16.0 Å². The minimum Gasteiger partial charge on any atom is -0.384 e. The van der Waals surface area contributed by atoms with Crippen molar-refractivity contribution >= 4 is 35.7 Å². The summed E-state index contributed by atoms with van der Waals surface area (Å²) in [7, 11) is 0. The number of nitrogens with one attached hydrogen (secondary N) is 3. The molecule has 4 aromatic rings. The molecule has 0 saturated heterocycles. The van der Waals surface area contributed by atoms with Crippen LogP contribution in [0.4, 0.5) is 24.7 Å². The molecule has 1 aromatic heterocycles. The second-order valence-corrected chi connectivity index (χ2v) is 9.58. The predicted molar refractivity (Wildman–Crippen MR) is 155 cm³/mol. The molecule has 2 amide bonds. The molecular formula is C31H28ClF3N4O2. The van der Waals surface area contributed by atoms with Gasteiger partial charge in [-0.1, -0.05) is 66.7 Å². The highest BCUT2D eigenvalue weighted by Crippen LogP contribution is 2.51. The Morgan fingerprint density at radius 2 is 1.41 bits per heavy atom. The van der Waals surface area contributed by atoms with Crippen molar-refractivity contribution in [3.63, 3.8) is 0 Å². The minimum atomic E-state index is -4.52. The Morgan fingerprint density at radius 1 is 0.805 bits per heavy atom. The lowest BCUT2D eigenvalue weighted by Crippen LogP contribution is -2.47. The lowest BCUT2D eigenvalue weighted by molar-refractivity contribution is -0.141. The van der Waals surface area contributed by atoms with E-state index in [2.05, 4.69) is 20.9 Å². The minimum absolute atomic E-state index is 0. The molecule has 6 nitrogen and oxygen atoms in total. The molecule has 10 heteroatoms. The highest BCUT2D eigenvalue weighted by atomic mass is 35.5. The van der Waals surface area contributed by atoms with Crippen LogP contribution in [0, 0.1) is 0 Å². The number of anilines is 2. The number of fused-ring (bicyclic) bond motifs is 3. The number of nitrogens with zero attached hydrogens (tertiary/aromatic N) is 1. The number of rotatable bonds is 9. The van der Waals surface area contributed by atoms with Gasteiger partial charge in [0.2, 0.25) is 5.91 Å². The van der Waals surface area contributed by atoms with Crippen molar-refractivity contribution in [1.82, 2.24) is 10.3 Å². The lowest BCUT2D eigenvalue weighted by atomic mass is 9.73. The average molecular weight is 581 g/mol. The lowest BCUT2D eigenvalue weighted by Gasteiger charge is -2.31. The molecule has 1 aliphatic rings. The van der Waals surface area contributed by atoms with Crippen molar-refractivity contribution in [3.8, 4) is 11.1 Å². The number of benzene rings is 3. The highest BCUT2D eigenvalue weighted by molar-refractivity contribution is 6.03. The van der Waals surface area contributed by atoms with E-state index in [4.69, 9.17) is 0 Å². The van der Waals surface area contributed by atoms with E-state index < -0.39 is 24.0 Å². The van der Waals surface area contributed by atoms with Crippen molar-refractivity contribution in [3.05, 3.63) is 114 Å². The third-order valence-electron chi connectivity index (χ3n) is 7.00. The zero-order chi connectivity index (χ0) is 28.2. The Balaban J connectivity index is 0.00000387. The van der Waals surface area contributed by atoms with Crippen LogP contribution >= 0.6 is 12.4 Å². The van der Waals surface area contributed by atoms with E-state index in [0.29, 0.717) is 47.6 Å². The van der Waals surface area contributed by atoms with Crippen LogP contribution in [-0.2, 0) is 10.2 Å². The van der Waals surface area contributed by atoms with Crippen molar-refractivity contribution in [2.45, 2.75) is 24.4 Å². The van der Waals surface area contributed by atoms with Crippen LogP contribution < -0.4 is 16.0 Å². The number of pyridine rings is 1. The molecule has 0 saturated carbocycles. The van der Waals surface area contributed by atoms with Crippen LogP contribution in [-0.4, -0.2) is 36.1 Å². The van der Waals surface area contributed by atoms with Gasteiger partial charge in [-0.2, -0.15) is 13.2 Å². The van der Waals surface area contributed by atoms with Gasteiger partial charge in [0.25, 0.3) is 5.91 Å². The maximum Gasteiger partial charge on any atom is 0.405 e. The van der Waals surface area contributed by atoms with Crippen molar-refractivity contribution in [2.24, 2.45) is 0 Å². The van der Waals surface area contributed by atoms with E-state index in [9.17, 15) is 22.8 Å². The van der Waals surface area contributed by atoms with Gasteiger partial charge in [-0.15, -0.1) is 12.4 Å². The van der Waals surface area contributed by atoms with Crippen LogP contribution in [0.5, 0.6) is 0 Å². The Hall–Kier alpha value is -4.37. The molecule has 0 spiro atoms. The summed E-state index contributed by atoms with van der Waals surface area (Å²) in [4.78, 5) is 30.2. The maximum atomic E-state index is 13.6. The van der Waals surface area contributed by atoms with E-state index in [1.54, 1.807) is 54.7 Å². The maximum absolute atomic E-state index is 13.6. The number of amides is 2. The summed E-state index contributed by atoms with van der Waals surface area (Å²) >= 11 is 0. The quantitative estimate of drug-likeness (QED) is 0.195. The van der Waals surface area contributed by atoms with E-state index in [1.165, 1.54) is 0 Å². The molecule has 0 radical (unpaired) electrons. The summed E-state index contributed by atoms with van der Waals surface area (Å²) in [5.41, 5.74) is 3.10. The smallest absolute Gasteiger partial charge is 0.384 e. The molecule has 41 heavy (non-hydrogen) atoms. The first-order valence-electron chi connectivity index (χ1n) is 12.9. The fraction of sp³-hybridized carbons (Fsp3) is 0.194. The third-order valence-corrected chi connectivity index (χ3v) is 7.00. The molecule has 1 aliphatic carbocycles. The number of aromatic nitrogens is 1. The van der Waals surface area contributed by atoms with Crippen LogP contribution in [0.3, 0.4) is 0 Å².